The van der Waals surface area contributed by atoms with Crippen molar-refractivity contribution in [3.63, 3.8) is 0 Å². The molecule has 0 unspecified atom stereocenters. The summed E-state index contributed by atoms with van der Waals surface area (Å²) >= 11 is 3.11. The summed E-state index contributed by atoms with van der Waals surface area (Å²) in [6.45, 7) is 1.81. The van der Waals surface area contributed by atoms with Crippen LogP contribution in [0.2, 0.25) is 0 Å². The van der Waals surface area contributed by atoms with Crippen LogP contribution in [0.5, 0.6) is 0 Å². The van der Waals surface area contributed by atoms with Crippen LogP contribution in [0.25, 0.3) is 11.3 Å². The molecule has 0 atom stereocenters. The number of hydrogen-bond acceptors (Lipinski definition) is 7. The molecule has 1 N–H and O–H groups in total. The van der Waals surface area contributed by atoms with Crippen LogP contribution in [0.3, 0.4) is 0 Å². The molecule has 9 heteroatoms. The van der Waals surface area contributed by atoms with Gasteiger partial charge in [-0.05, 0) is 24.6 Å². The number of hydrogen-bond donors (Lipinski definition) is 1. The SMILES string of the molecule is Cc1ccc(F)cc1NC(=O)CCc1nc(CSc2nc(-c3ccccc3)cs2)no1. The van der Waals surface area contributed by atoms with E-state index in [0.717, 1.165) is 21.2 Å². The molecular formula is C22H19FN4O2S2. The lowest BCUT2D eigenvalue weighted by Crippen LogP contribution is -2.13. The largest absolute Gasteiger partial charge is 0.339 e. The molecule has 0 aliphatic heterocycles. The van der Waals surface area contributed by atoms with E-state index in [-0.39, 0.29) is 12.3 Å². The minimum atomic E-state index is -0.393. The fourth-order valence-corrected chi connectivity index (χ4v) is 4.48. The summed E-state index contributed by atoms with van der Waals surface area (Å²) in [5.41, 5.74) is 3.29. The third kappa shape index (κ3) is 5.77. The number of nitrogens with one attached hydrogen (secondary N) is 1. The van der Waals surface area contributed by atoms with Crippen LogP contribution in [0.4, 0.5) is 10.1 Å². The molecule has 6 nitrogen and oxygen atoms in total. The number of nitrogens with zero attached hydrogens (tertiary/aromatic N) is 3. The molecule has 0 saturated carbocycles. The molecule has 158 valence electrons. The average Bonchev–Trinajstić information content (AvgIpc) is 3.43. The zero-order chi connectivity index (χ0) is 21.6. The summed E-state index contributed by atoms with van der Waals surface area (Å²) in [6.07, 6.45) is 0.477. The Morgan fingerprint density at radius 1 is 1.19 bits per heavy atom. The van der Waals surface area contributed by atoms with Gasteiger partial charge >= 0.3 is 0 Å². The van der Waals surface area contributed by atoms with E-state index in [1.54, 1.807) is 17.4 Å². The van der Waals surface area contributed by atoms with Gasteiger partial charge in [-0.1, -0.05) is 53.3 Å². The van der Waals surface area contributed by atoms with E-state index >= 15 is 0 Å². The molecule has 0 aliphatic rings. The van der Waals surface area contributed by atoms with Crippen molar-refractivity contribution >= 4 is 34.7 Å². The average molecular weight is 455 g/mol. The molecule has 0 saturated heterocycles. The van der Waals surface area contributed by atoms with Crippen LogP contribution in [-0.2, 0) is 17.0 Å². The van der Waals surface area contributed by atoms with E-state index in [0.29, 0.717) is 29.6 Å². The third-order valence-corrected chi connectivity index (χ3v) is 6.44. The van der Waals surface area contributed by atoms with Crippen molar-refractivity contribution in [3.8, 4) is 11.3 Å². The maximum absolute atomic E-state index is 13.3. The summed E-state index contributed by atoms with van der Waals surface area (Å²) in [7, 11) is 0. The number of thioether (sulfide) groups is 1. The molecule has 0 radical (unpaired) electrons. The molecule has 31 heavy (non-hydrogen) atoms. The first-order valence-electron chi connectivity index (χ1n) is 9.58. The van der Waals surface area contributed by atoms with Crippen molar-refractivity contribution in [2.75, 3.05) is 5.32 Å². The highest BCUT2D eigenvalue weighted by molar-refractivity contribution is 8.00. The number of aryl methyl sites for hydroxylation is 2. The Hall–Kier alpha value is -3.04. The number of halogens is 1. The monoisotopic (exact) mass is 454 g/mol. The Balaban J connectivity index is 1.26. The first kappa shape index (κ1) is 21.2. The van der Waals surface area contributed by atoms with Crippen molar-refractivity contribution in [3.05, 3.63) is 77.0 Å². The molecule has 0 aliphatic carbocycles. The van der Waals surface area contributed by atoms with Gasteiger partial charge in [0.2, 0.25) is 11.8 Å². The summed E-state index contributed by atoms with van der Waals surface area (Å²) in [5.74, 6) is 0.846. The van der Waals surface area contributed by atoms with Crippen LogP contribution >= 0.6 is 23.1 Å². The Labute approximate surface area is 186 Å². The van der Waals surface area contributed by atoms with Crippen molar-refractivity contribution in [2.24, 2.45) is 0 Å². The Morgan fingerprint density at radius 3 is 2.87 bits per heavy atom. The number of amides is 1. The van der Waals surface area contributed by atoms with Crippen LogP contribution in [0, 0.1) is 12.7 Å². The molecule has 0 spiro atoms. The molecule has 2 aromatic carbocycles. The van der Waals surface area contributed by atoms with E-state index in [4.69, 9.17) is 4.52 Å². The van der Waals surface area contributed by atoms with Crippen molar-refractivity contribution < 1.29 is 13.7 Å². The van der Waals surface area contributed by atoms with Crippen LogP contribution in [0.1, 0.15) is 23.7 Å². The fraction of sp³-hybridized carbons (Fsp3) is 0.182. The molecular weight excluding hydrogens is 435 g/mol. The predicted octanol–water partition coefficient (Wildman–Crippen LogP) is 5.50. The number of carbonyl (C=O) groups is 1. The van der Waals surface area contributed by atoms with E-state index < -0.39 is 5.82 Å². The van der Waals surface area contributed by atoms with Crippen molar-refractivity contribution in [1.82, 2.24) is 15.1 Å². The lowest BCUT2D eigenvalue weighted by molar-refractivity contribution is -0.116. The van der Waals surface area contributed by atoms with Gasteiger partial charge in [0.15, 0.2) is 10.2 Å². The second kappa shape index (κ2) is 9.84. The van der Waals surface area contributed by atoms with E-state index in [2.05, 4.69) is 20.4 Å². The van der Waals surface area contributed by atoms with Gasteiger partial charge in [0.25, 0.3) is 0 Å². The number of carbonyl (C=O) groups excluding carboxylic acids is 1. The minimum Gasteiger partial charge on any atom is -0.339 e. The van der Waals surface area contributed by atoms with Crippen LogP contribution < -0.4 is 5.32 Å². The Bertz CT molecular complexity index is 1180. The first-order chi connectivity index (χ1) is 15.1. The van der Waals surface area contributed by atoms with E-state index in [1.165, 1.54) is 23.9 Å². The van der Waals surface area contributed by atoms with Gasteiger partial charge in [0.05, 0.1) is 11.4 Å². The normalized spacial score (nSPS) is 10.9. The highest BCUT2D eigenvalue weighted by Gasteiger charge is 2.12. The lowest BCUT2D eigenvalue weighted by atomic mass is 10.2. The van der Waals surface area contributed by atoms with Crippen LogP contribution in [-0.4, -0.2) is 21.0 Å². The maximum Gasteiger partial charge on any atom is 0.227 e. The summed E-state index contributed by atoms with van der Waals surface area (Å²) < 4.78 is 19.5. The highest BCUT2D eigenvalue weighted by atomic mass is 32.2. The van der Waals surface area contributed by atoms with Gasteiger partial charge in [0, 0.05) is 29.5 Å². The van der Waals surface area contributed by atoms with E-state index in [9.17, 15) is 9.18 Å². The molecule has 0 bridgehead atoms. The number of thiazole rings is 1. The summed E-state index contributed by atoms with van der Waals surface area (Å²) in [4.78, 5) is 21.1. The van der Waals surface area contributed by atoms with Crippen molar-refractivity contribution in [1.29, 1.82) is 0 Å². The topological polar surface area (TPSA) is 80.9 Å². The molecule has 4 rings (SSSR count). The third-order valence-electron chi connectivity index (χ3n) is 4.43. The van der Waals surface area contributed by atoms with E-state index in [1.807, 2.05) is 42.6 Å². The van der Waals surface area contributed by atoms with Gasteiger partial charge in [-0.3, -0.25) is 4.79 Å². The van der Waals surface area contributed by atoms with Gasteiger partial charge in [-0.15, -0.1) is 11.3 Å². The van der Waals surface area contributed by atoms with Crippen LogP contribution in [0.15, 0.2) is 62.8 Å². The Kier molecular flexibility index (Phi) is 6.73. The quantitative estimate of drug-likeness (QED) is 0.354. The fourth-order valence-electron chi connectivity index (χ4n) is 2.80. The van der Waals surface area contributed by atoms with Crippen molar-refractivity contribution in [2.45, 2.75) is 29.9 Å². The molecule has 1 amide bonds. The van der Waals surface area contributed by atoms with Gasteiger partial charge < -0.3 is 9.84 Å². The summed E-state index contributed by atoms with van der Waals surface area (Å²) in [6, 6.07) is 14.3. The number of benzene rings is 2. The number of aromatic nitrogens is 3. The van der Waals surface area contributed by atoms with Gasteiger partial charge in [-0.25, -0.2) is 9.37 Å². The predicted molar refractivity (Wildman–Crippen MR) is 119 cm³/mol. The van der Waals surface area contributed by atoms with Gasteiger partial charge in [-0.2, -0.15) is 4.98 Å². The molecule has 4 aromatic rings. The lowest BCUT2D eigenvalue weighted by Gasteiger charge is -2.07. The maximum atomic E-state index is 13.3. The Morgan fingerprint density at radius 2 is 2.03 bits per heavy atom. The number of anilines is 1. The molecule has 2 aromatic heterocycles. The highest BCUT2D eigenvalue weighted by Crippen LogP contribution is 2.29. The second-order valence-electron chi connectivity index (χ2n) is 6.77. The number of rotatable bonds is 8. The molecule has 2 heterocycles. The standard InChI is InChI=1S/C22H19FN4O2S2/c1-14-7-8-16(23)11-17(14)24-20(28)9-10-21-26-19(27-29-21)13-31-22-25-18(12-30-22)15-5-3-2-4-6-15/h2-8,11-12H,9-10,13H2,1H3,(H,24,28). The zero-order valence-electron chi connectivity index (χ0n) is 16.7. The van der Waals surface area contributed by atoms with Gasteiger partial charge in [0.1, 0.15) is 5.82 Å². The zero-order valence-corrected chi connectivity index (χ0v) is 18.3. The minimum absolute atomic E-state index is 0.164. The smallest absolute Gasteiger partial charge is 0.227 e. The molecule has 0 fully saturated rings. The first-order valence-corrected chi connectivity index (χ1v) is 11.4. The summed E-state index contributed by atoms with van der Waals surface area (Å²) in [5, 5.41) is 8.71. The second-order valence-corrected chi connectivity index (χ2v) is 8.85.